The first-order valence-electron chi connectivity index (χ1n) is 3.56. The van der Waals surface area contributed by atoms with E-state index in [0.29, 0.717) is 0 Å². The third-order valence-electron chi connectivity index (χ3n) is 1.76. The molecule has 1 aromatic rings. The zero-order valence-corrected chi connectivity index (χ0v) is 7.56. The summed E-state index contributed by atoms with van der Waals surface area (Å²) >= 11 is 3.44. The summed E-state index contributed by atoms with van der Waals surface area (Å²) in [5.41, 5.74) is 2.57. The molecule has 2 heteroatoms. The number of rotatable bonds is 0. The van der Waals surface area contributed by atoms with Gasteiger partial charge in [0.15, 0.2) is 0 Å². The highest BCUT2D eigenvalue weighted by molar-refractivity contribution is 9.10. The van der Waals surface area contributed by atoms with E-state index < -0.39 is 0 Å². The van der Waals surface area contributed by atoms with Crippen LogP contribution in [0, 0.1) is 0 Å². The Morgan fingerprint density at radius 3 is 3.18 bits per heavy atom. The smallest absolute Gasteiger partial charge is 0.0416 e. The van der Waals surface area contributed by atoms with Gasteiger partial charge in [0, 0.05) is 10.2 Å². The summed E-state index contributed by atoms with van der Waals surface area (Å²) in [5.74, 6) is 0. The van der Waals surface area contributed by atoms with Gasteiger partial charge < -0.3 is 5.32 Å². The summed E-state index contributed by atoms with van der Waals surface area (Å²) in [5, 5.41) is 3.19. The number of benzene rings is 1. The van der Waals surface area contributed by atoms with Crippen LogP contribution < -0.4 is 5.32 Å². The lowest BCUT2D eigenvalue weighted by Crippen LogP contribution is -1.98. The molecular weight excluding hydrogens is 202 g/mol. The average molecular weight is 210 g/mol. The van der Waals surface area contributed by atoms with E-state index in [1.807, 2.05) is 12.3 Å². The summed E-state index contributed by atoms with van der Waals surface area (Å²) in [6.45, 7) is 0. The van der Waals surface area contributed by atoms with Gasteiger partial charge in [-0.2, -0.15) is 0 Å². The number of halogens is 1. The first-order chi connectivity index (χ1) is 5.36. The van der Waals surface area contributed by atoms with Crippen LogP contribution in [-0.2, 0) is 6.42 Å². The van der Waals surface area contributed by atoms with Crippen molar-refractivity contribution >= 4 is 21.6 Å². The second-order valence-electron chi connectivity index (χ2n) is 2.55. The molecule has 0 radical (unpaired) electrons. The Morgan fingerprint density at radius 1 is 1.36 bits per heavy atom. The summed E-state index contributed by atoms with van der Waals surface area (Å²) in [4.78, 5) is 0. The van der Waals surface area contributed by atoms with E-state index in [0.717, 1.165) is 10.9 Å². The topological polar surface area (TPSA) is 12.0 Å². The summed E-state index contributed by atoms with van der Waals surface area (Å²) in [6.07, 6.45) is 5.13. The zero-order chi connectivity index (χ0) is 7.68. The molecule has 0 bridgehead atoms. The number of allylic oxidation sites excluding steroid dienone is 1. The largest absolute Gasteiger partial charge is 0.362 e. The van der Waals surface area contributed by atoms with Crippen molar-refractivity contribution in [3.63, 3.8) is 0 Å². The molecule has 1 aliphatic heterocycles. The molecule has 0 aliphatic carbocycles. The van der Waals surface area contributed by atoms with Crippen LogP contribution in [0.25, 0.3) is 0 Å². The van der Waals surface area contributed by atoms with Crippen molar-refractivity contribution in [2.75, 3.05) is 5.32 Å². The van der Waals surface area contributed by atoms with E-state index in [1.165, 1.54) is 11.3 Å². The van der Waals surface area contributed by atoms with E-state index in [-0.39, 0.29) is 0 Å². The molecule has 1 aromatic carbocycles. The summed E-state index contributed by atoms with van der Waals surface area (Å²) < 4.78 is 1.15. The number of fused-ring (bicyclic) bond motifs is 1. The van der Waals surface area contributed by atoms with Crippen LogP contribution in [0.4, 0.5) is 5.69 Å². The minimum atomic E-state index is 1.03. The molecule has 0 aromatic heterocycles. The van der Waals surface area contributed by atoms with Crippen LogP contribution >= 0.6 is 15.9 Å². The van der Waals surface area contributed by atoms with Gasteiger partial charge in [-0.3, -0.25) is 0 Å². The van der Waals surface area contributed by atoms with Gasteiger partial charge in [-0.05, 0) is 36.4 Å². The van der Waals surface area contributed by atoms with Crippen molar-refractivity contribution in [2.24, 2.45) is 0 Å². The molecule has 0 amide bonds. The highest BCUT2D eigenvalue weighted by Gasteiger charge is 2.02. The molecule has 0 fully saturated rings. The average Bonchev–Trinajstić information content (AvgIpc) is 2.04. The standard InChI is InChI=1S/C9H8BrN/c10-8-3-4-9-7(6-8)2-1-5-11-9/h1,3-6,11H,2H2. The van der Waals surface area contributed by atoms with Gasteiger partial charge in [-0.1, -0.05) is 22.0 Å². The normalized spacial score (nSPS) is 13.9. The van der Waals surface area contributed by atoms with Crippen LogP contribution in [0.1, 0.15) is 5.56 Å². The van der Waals surface area contributed by atoms with E-state index in [4.69, 9.17) is 0 Å². The molecule has 11 heavy (non-hydrogen) atoms. The van der Waals surface area contributed by atoms with E-state index in [2.05, 4.69) is 39.5 Å². The lowest BCUT2D eigenvalue weighted by molar-refractivity contribution is 1.22. The second-order valence-corrected chi connectivity index (χ2v) is 3.47. The van der Waals surface area contributed by atoms with Crippen molar-refractivity contribution in [3.05, 3.63) is 40.5 Å². The third kappa shape index (κ3) is 1.31. The first-order valence-corrected chi connectivity index (χ1v) is 4.35. The van der Waals surface area contributed by atoms with Crippen molar-refractivity contribution in [1.29, 1.82) is 0 Å². The lowest BCUT2D eigenvalue weighted by Gasteiger charge is -2.12. The van der Waals surface area contributed by atoms with Crippen molar-refractivity contribution in [3.8, 4) is 0 Å². The van der Waals surface area contributed by atoms with Gasteiger partial charge in [-0.15, -0.1) is 0 Å². The van der Waals surface area contributed by atoms with E-state index in [9.17, 15) is 0 Å². The molecule has 1 nitrogen and oxygen atoms in total. The Bertz CT molecular complexity index is 304. The van der Waals surface area contributed by atoms with Crippen molar-refractivity contribution < 1.29 is 0 Å². The monoisotopic (exact) mass is 209 g/mol. The van der Waals surface area contributed by atoms with E-state index in [1.54, 1.807) is 0 Å². The molecular formula is C9H8BrN. The van der Waals surface area contributed by atoms with Crippen LogP contribution in [0.2, 0.25) is 0 Å². The molecule has 0 saturated heterocycles. The summed E-state index contributed by atoms with van der Waals surface area (Å²) in [7, 11) is 0. The molecule has 1 heterocycles. The maximum Gasteiger partial charge on any atom is 0.0416 e. The molecule has 0 atom stereocenters. The Balaban J connectivity index is 2.48. The number of anilines is 1. The van der Waals surface area contributed by atoms with Crippen molar-refractivity contribution in [1.82, 2.24) is 0 Å². The second kappa shape index (κ2) is 2.70. The highest BCUT2D eigenvalue weighted by atomic mass is 79.9. The van der Waals surface area contributed by atoms with Crippen LogP contribution in [0.3, 0.4) is 0 Å². The number of hydrogen-bond acceptors (Lipinski definition) is 1. The molecule has 0 spiro atoms. The third-order valence-corrected chi connectivity index (χ3v) is 2.25. The summed E-state index contributed by atoms with van der Waals surface area (Å²) in [6, 6.07) is 6.28. The van der Waals surface area contributed by atoms with Crippen LogP contribution in [0.5, 0.6) is 0 Å². The van der Waals surface area contributed by atoms with Gasteiger partial charge in [0.1, 0.15) is 0 Å². The Labute approximate surface area is 74.2 Å². The van der Waals surface area contributed by atoms with Gasteiger partial charge in [0.05, 0.1) is 0 Å². The molecule has 1 N–H and O–H groups in total. The Hall–Kier alpha value is -0.760. The lowest BCUT2D eigenvalue weighted by atomic mass is 10.1. The van der Waals surface area contributed by atoms with Gasteiger partial charge >= 0.3 is 0 Å². The maximum absolute atomic E-state index is 3.44. The minimum Gasteiger partial charge on any atom is -0.362 e. The van der Waals surface area contributed by atoms with Crippen LogP contribution in [0.15, 0.2) is 34.9 Å². The fourth-order valence-electron chi connectivity index (χ4n) is 1.21. The number of hydrogen-bond donors (Lipinski definition) is 1. The van der Waals surface area contributed by atoms with Crippen molar-refractivity contribution in [2.45, 2.75) is 6.42 Å². The van der Waals surface area contributed by atoms with E-state index >= 15 is 0 Å². The quantitative estimate of drug-likeness (QED) is 0.694. The molecule has 0 unspecified atom stereocenters. The SMILES string of the molecule is Brc1ccc2c(c1)CC=CN2. The fraction of sp³-hybridized carbons (Fsp3) is 0.111. The minimum absolute atomic E-state index is 1.03. The Kier molecular flexibility index (Phi) is 1.70. The van der Waals surface area contributed by atoms with Gasteiger partial charge in [0.2, 0.25) is 0 Å². The predicted molar refractivity (Wildman–Crippen MR) is 50.6 cm³/mol. The molecule has 2 rings (SSSR count). The number of nitrogens with one attached hydrogen (secondary N) is 1. The molecule has 56 valence electrons. The predicted octanol–water partition coefficient (Wildman–Crippen LogP) is 2.93. The fourth-order valence-corrected chi connectivity index (χ4v) is 1.62. The zero-order valence-electron chi connectivity index (χ0n) is 5.97. The highest BCUT2D eigenvalue weighted by Crippen LogP contribution is 2.23. The molecule has 0 saturated carbocycles. The van der Waals surface area contributed by atoms with Gasteiger partial charge in [0.25, 0.3) is 0 Å². The first kappa shape index (κ1) is 6.92. The van der Waals surface area contributed by atoms with Crippen LogP contribution in [-0.4, -0.2) is 0 Å². The maximum atomic E-state index is 3.44. The molecule has 1 aliphatic rings. The van der Waals surface area contributed by atoms with Gasteiger partial charge in [-0.25, -0.2) is 0 Å². The Morgan fingerprint density at radius 2 is 2.27 bits per heavy atom.